The van der Waals surface area contributed by atoms with Crippen LogP contribution in [0.1, 0.15) is 18.1 Å². The average molecular weight is 284 g/mol. The second kappa shape index (κ2) is 5.52. The van der Waals surface area contributed by atoms with E-state index < -0.39 is 5.97 Å². The molecule has 0 saturated heterocycles. The van der Waals surface area contributed by atoms with Crippen LogP contribution in [0.3, 0.4) is 0 Å². The lowest BCUT2D eigenvalue weighted by Gasteiger charge is -2.06. The first-order valence-electron chi connectivity index (χ1n) is 4.65. The summed E-state index contributed by atoms with van der Waals surface area (Å²) in [5, 5.41) is 18.4. The van der Waals surface area contributed by atoms with Gasteiger partial charge in [0.1, 0.15) is 11.8 Å². The number of nitriles is 1. The number of hydrogen-bond donors (Lipinski definition) is 1. The predicted octanol–water partition coefficient (Wildman–Crippen LogP) is 2.13. The van der Waals surface area contributed by atoms with Crippen molar-refractivity contribution in [1.29, 1.82) is 5.26 Å². The summed E-state index contributed by atoms with van der Waals surface area (Å²) < 4.78 is 5.41. The first kappa shape index (κ1) is 12.5. The van der Waals surface area contributed by atoms with Gasteiger partial charge in [0.05, 0.1) is 18.6 Å². The van der Waals surface area contributed by atoms with E-state index in [1.807, 2.05) is 6.07 Å². The fourth-order valence-corrected chi connectivity index (χ4v) is 1.75. The molecule has 0 radical (unpaired) electrons. The molecule has 0 amide bonds. The Morgan fingerprint density at radius 2 is 2.31 bits per heavy atom. The molecule has 5 heteroatoms. The van der Waals surface area contributed by atoms with E-state index in [2.05, 4.69) is 15.9 Å². The molecule has 0 unspecified atom stereocenters. The molecule has 84 valence electrons. The van der Waals surface area contributed by atoms with Gasteiger partial charge in [-0.05, 0) is 19.1 Å². The molecule has 1 N–H and O–H groups in total. The Hall–Kier alpha value is -1.54. The standard InChI is InChI=1S/C11H10BrNO3/c1-2-16-10(14)5-7-3-9(12)4-8(6-13)11(7)15/h3-4,15H,2,5H2,1H3. The summed E-state index contributed by atoms with van der Waals surface area (Å²) in [6.45, 7) is 2.00. The van der Waals surface area contributed by atoms with E-state index in [1.165, 1.54) is 6.07 Å². The number of nitrogens with zero attached hydrogens (tertiary/aromatic N) is 1. The maximum absolute atomic E-state index is 11.2. The van der Waals surface area contributed by atoms with Crippen LogP contribution in [0.4, 0.5) is 0 Å². The summed E-state index contributed by atoms with van der Waals surface area (Å²) >= 11 is 3.20. The molecule has 4 nitrogen and oxygen atoms in total. The van der Waals surface area contributed by atoms with Crippen molar-refractivity contribution in [3.05, 3.63) is 27.7 Å². The topological polar surface area (TPSA) is 70.3 Å². The monoisotopic (exact) mass is 283 g/mol. The molecule has 0 bridgehead atoms. The maximum Gasteiger partial charge on any atom is 0.310 e. The third-order valence-corrected chi connectivity index (χ3v) is 2.37. The van der Waals surface area contributed by atoms with Gasteiger partial charge in [0.2, 0.25) is 0 Å². The van der Waals surface area contributed by atoms with Gasteiger partial charge >= 0.3 is 5.97 Å². The van der Waals surface area contributed by atoms with Crippen molar-refractivity contribution >= 4 is 21.9 Å². The quantitative estimate of drug-likeness (QED) is 0.863. The molecule has 1 aromatic rings. The van der Waals surface area contributed by atoms with E-state index in [9.17, 15) is 9.90 Å². The van der Waals surface area contributed by atoms with Crippen LogP contribution < -0.4 is 0 Å². The Morgan fingerprint density at radius 1 is 1.62 bits per heavy atom. The van der Waals surface area contributed by atoms with Crippen LogP contribution in [-0.2, 0) is 16.0 Å². The van der Waals surface area contributed by atoms with Crippen LogP contribution in [-0.4, -0.2) is 17.7 Å². The molecule has 0 spiro atoms. The van der Waals surface area contributed by atoms with Crippen molar-refractivity contribution in [3.63, 3.8) is 0 Å². The van der Waals surface area contributed by atoms with Crippen LogP contribution in [0, 0.1) is 11.3 Å². The number of aromatic hydroxyl groups is 1. The molecule has 0 aliphatic heterocycles. The zero-order valence-electron chi connectivity index (χ0n) is 8.66. The summed E-state index contributed by atoms with van der Waals surface area (Å²) in [5.74, 6) is -0.599. The van der Waals surface area contributed by atoms with Crippen molar-refractivity contribution in [2.24, 2.45) is 0 Å². The van der Waals surface area contributed by atoms with Crippen molar-refractivity contribution in [2.45, 2.75) is 13.3 Å². The van der Waals surface area contributed by atoms with Gasteiger partial charge in [-0.15, -0.1) is 0 Å². The van der Waals surface area contributed by atoms with E-state index in [0.717, 1.165) is 0 Å². The van der Waals surface area contributed by atoms with Crippen molar-refractivity contribution in [2.75, 3.05) is 6.61 Å². The van der Waals surface area contributed by atoms with E-state index in [4.69, 9.17) is 10.00 Å². The van der Waals surface area contributed by atoms with Gasteiger partial charge in [-0.1, -0.05) is 15.9 Å². The van der Waals surface area contributed by atoms with Crippen molar-refractivity contribution in [3.8, 4) is 11.8 Å². The highest BCUT2D eigenvalue weighted by Gasteiger charge is 2.13. The summed E-state index contributed by atoms with van der Waals surface area (Å²) in [6, 6.07) is 4.93. The highest BCUT2D eigenvalue weighted by molar-refractivity contribution is 9.10. The summed E-state index contributed by atoms with van der Waals surface area (Å²) in [5.41, 5.74) is 0.512. The molecule has 0 fully saturated rings. The Morgan fingerprint density at radius 3 is 2.88 bits per heavy atom. The number of esters is 1. The number of carbonyl (C=O) groups excluding carboxylic acids is 1. The number of benzene rings is 1. The van der Waals surface area contributed by atoms with Gasteiger partial charge in [-0.2, -0.15) is 5.26 Å². The summed E-state index contributed by atoms with van der Waals surface area (Å²) in [4.78, 5) is 11.2. The first-order chi connectivity index (χ1) is 7.58. The van der Waals surface area contributed by atoms with Gasteiger partial charge in [0.15, 0.2) is 0 Å². The second-order valence-corrected chi connectivity index (χ2v) is 3.97. The number of phenolic OH excluding ortho intramolecular Hbond substituents is 1. The highest BCUT2D eigenvalue weighted by Crippen LogP contribution is 2.27. The lowest BCUT2D eigenvalue weighted by Crippen LogP contribution is -2.08. The van der Waals surface area contributed by atoms with Crippen LogP contribution in [0.25, 0.3) is 0 Å². The minimum Gasteiger partial charge on any atom is -0.506 e. The number of carbonyl (C=O) groups is 1. The molecule has 0 saturated carbocycles. The third kappa shape index (κ3) is 2.97. The van der Waals surface area contributed by atoms with Gasteiger partial charge < -0.3 is 9.84 Å². The maximum atomic E-state index is 11.2. The molecular formula is C11H10BrNO3. The smallest absolute Gasteiger partial charge is 0.310 e. The average Bonchev–Trinajstić information content (AvgIpc) is 2.23. The SMILES string of the molecule is CCOC(=O)Cc1cc(Br)cc(C#N)c1O. The fourth-order valence-electron chi connectivity index (χ4n) is 1.24. The normalized spacial score (nSPS) is 9.56. The van der Waals surface area contributed by atoms with Gasteiger partial charge in [0.25, 0.3) is 0 Å². The minimum absolute atomic E-state index is 0.0478. The third-order valence-electron chi connectivity index (χ3n) is 1.91. The second-order valence-electron chi connectivity index (χ2n) is 3.05. The van der Waals surface area contributed by atoms with Crippen molar-refractivity contribution < 1.29 is 14.6 Å². The van der Waals surface area contributed by atoms with Gasteiger partial charge in [-0.3, -0.25) is 4.79 Å². The number of halogens is 1. The van der Waals surface area contributed by atoms with Crippen LogP contribution in [0.2, 0.25) is 0 Å². The molecule has 0 aliphatic rings. The molecule has 1 aromatic carbocycles. The van der Waals surface area contributed by atoms with E-state index >= 15 is 0 Å². The minimum atomic E-state index is -0.431. The van der Waals surface area contributed by atoms with Crippen LogP contribution in [0.15, 0.2) is 16.6 Å². The zero-order chi connectivity index (χ0) is 12.1. The first-order valence-corrected chi connectivity index (χ1v) is 5.45. The van der Waals surface area contributed by atoms with Gasteiger partial charge in [0, 0.05) is 10.0 Å². The molecule has 0 aliphatic carbocycles. The number of phenols is 1. The van der Waals surface area contributed by atoms with Crippen LogP contribution >= 0.6 is 15.9 Å². The van der Waals surface area contributed by atoms with Crippen molar-refractivity contribution in [1.82, 2.24) is 0 Å². The zero-order valence-corrected chi connectivity index (χ0v) is 10.2. The Labute approximate surface area is 102 Å². The molecule has 0 atom stereocenters. The number of ether oxygens (including phenoxy) is 1. The largest absolute Gasteiger partial charge is 0.506 e. The van der Waals surface area contributed by atoms with Crippen LogP contribution in [0.5, 0.6) is 5.75 Å². The lowest BCUT2D eigenvalue weighted by atomic mass is 10.1. The Bertz CT molecular complexity index is 451. The van der Waals surface area contributed by atoms with E-state index in [-0.39, 0.29) is 17.7 Å². The molecular weight excluding hydrogens is 274 g/mol. The molecule has 0 heterocycles. The summed E-state index contributed by atoms with van der Waals surface area (Å²) in [7, 11) is 0. The van der Waals surface area contributed by atoms with E-state index in [0.29, 0.717) is 16.6 Å². The number of rotatable bonds is 3. The molecule has 1 rings (SSSR count). The molecule has 16 heavy (non-hydrogen) atoms. The molecule has 0 aromatic heterocycles. The van der Waals surface area contributed by atoms with E-state index in [1.54, 1.807) is 13.0 Å². The highest BCUT2D eigenvalue weighted by atomic mass is 79.9. The fraction of sp³-hybridized carbons (Fsp3) is 0.273. The Kier molecular flexibility index (Phi) is 4.32. The lowest BCUT2D eigenvalue weighted by molar-refractivity contribution is -0.142. The van der Waals surface area contributed by atoms with Gasteiger partial charge in [-0.25, -0.2) is 0 Å². The number of hydrogen-bond acceptors (Lipinski definition) is 4. The predicted molar refractivity (Wildman–Crippen MR) is 60.9 cm³/mol. The Balaban J connectivity index is 3.01. The summed E-state index contributed by atoms with van der Waals surface area (Å²) in [6.07, 6.45) is -0.0478.